The molecule has 0 aliphatic carbocycles. The molecule has 1 aromatic carbocycles. The van der Waals surface area contributed by atoms with Gasteiger partial charge in [-0.25, -0.2) is 0 Å². The van der Waals surface area contributed by atoms with E-state index in [1.54, 1.807) is 0 Å². The van der Waals surface area contributed by atoms with E-state index in [0.717, 1.165) is 12.0 Å². The zero-order valence-corrected chi connectivity index (χ0v) is 8.30. The lowest BCUT2D eigenvalue weighted by molar-refractivity contribution is 1.01. The second-order valence-corrected chi connectivity index (χ2v) is 3.13. The zero-order chi connectivity index (χ0) is 9.52. The van der Waals surface area contributed by atoms with Crippen LogP contribution in [0.1, 0.15) is 17.5 Å². The average Bonchev–Trinajstić information content (AvgIpc) is 2.19. The Bertz CT molecular complexity index is 281. The topological polar surface area (TPSA) is 26.0 Å². The predicted octanol–water partition coefficient (Wildman–Crippen LogP) is 2.79. The molecule has 0 fully saturated rings. The summed E-state index contributed by atoms with van der Waals surface area (Å²) in [5.74, 6) is 0.568. The molecule has 0 radical (unpaired) electrons. The van der Waals surface area contributed by atoms with Crippen molar-refractivity contribution in [3.8, 4) is 0 Å². The largest absolute Gasteiger partial charge is 0.330 e. The SMILES string of the molecule is NCCC=Cc1cccc(CCl)c1. The Labute approximate surface area is 84.2 Å². The van der Waals surface area contributed by atoms with Crippen molar-refractivity contribution in [1.82, 2.24) is 0 Å². The Morgan fingerprint density at radius 2 is 2.23 bits per heavy atom. The summed E-state index contributed by atoms with van der Waals surface area (Å²) in [6.45, 7) is 0.700. The Hall–Kier alpha value is -0.790. The maximum absolute atomic E-state index is 5.72. The molecule has 0 aromatic heterocycles. The number of rotatable bonds is 4. The molecule has 0 heterocycles. The van der Waals surface area contributed by atoms with Crippen molar-refractivity contribution in [2.24, 2.45) is 5.73 Å². The summed E-state index contributed by atoms with van der Waals surface area (Å²) in [5, 5.41) is 0. The van der Waals surface area contributed by atoms with Crippen LogP contribution in [0.3, 0.4) is 0 Å². The number of hydrogen-bond donors (Lipinski definition) is 1. The minimum Gasteiger partial charge on any atom is -0.330 e. The van der Waals surface area contributed by atoms with Crippen molar-refractivity contribution >= 4 is 17.7 Å². The van der Waals surface area contributed by atoms with Gasteiger partial charge in [0, 0.05) is 5.88 Å². The summed E-state index contributed by atoms with van der Waals surface area (Å²) in [7, 11) is 0. The molecule has 0 amide bonds. The van der Waals surface area contributed by atoms with Gasteiger partial charge in [-0.05, 0) is 24.1 Å². The third kappa shape index (κ3) is 3.62. The van der Waals surface area contributed by atoms with Gasteiger partial charge in [0.15, 0.2) is 0 Å². The summed E-state index contributed by atoms with van der Waals surface area (Å²) in [6, 6.07) is 8.18. The van der Waals surface area contributed by atoms with Gasteiger partial charge in [0.05, 0.1) is 0 Å². The lowest BCUT2D eigenvalue weighted by atomic mass is 10.1. The van der Waals surface area contributed by atoms with Gasteiger partial charge in [-0.1, -0.05) is 36.4 Å². The van der Waals surface area contributed by atoms with E-state index in [1.807, 2.05) is 12.1 Å². The van der Waals surface area contributed by atoms with Crippen LogP contribution in [0.4, 0.5) is 0 Å². The number of benzene rings is 1. The summed E-state index contributed by atoms with van der Waals surface area (Å²) < 4.78 is 0. The number of hydrogen-bond acceptors (Lipinski definition) is 1. The molecule has 13 heavy (non-hydrogen) atoms. The second kappa shape index (κ2) is 5.79. The molecule has 0 bridgehead atoms. The van der Waals surface area contributed by atoms with Crippen molar-refractivity contribution in [2.45, 2.75) is 12.3 Å². The number of halogens is 1. The van der Waals surface area contributed by atoms with Crippen LogP contribution in [0.5, 0.6) is 0 Å². The Balaban J connectivity index is 2.66. The maximum atomic E-state index is 5.72. The lowest BCUT2D eigenvalue weighted by Gasteiger charge is -1.96. The van der Waals surface area contributed by atoms with Gasteiger partial charge in [0.2, 0.25) is 0 Å². The van der Waals surface area contributed by atoms with Crippen molar-refractivity contribution in [3.63, 3.8) is 0 Å². The first-order chi connectivity index (χ1) is 6.36. The van der Waals surface area contributed by atoms with Gasteiger partial charge < -0.3 is 5.73 Å². The van der Waals surface area contributed by atoms with Crippen LogP contribution in [-0.2, 0) is 5.88 Å². The molecular weight excluding hydrogens is 182 g/mol. The Morgan fingerprint density at radius 1 is 1.38 bits per heavy atom. The highest BCUT2D eigenvalue weighted by molar-refractivity contribution is 6.17. The summed E-state index contributed by atoms with van der Waals surface area (Å²) in [6.07, 6.45) is 5.07. The van der Waals surface area contributed by atoms with E-state index < -0.39 is 0 Å². The van der Waals surface area contributed by atoms with Gasteiger partial charge in [0.25, 0.3) is 0 Å². The van der Waals surface area contributed by atoms with Crippen molar-refractivity contribution in [2.75, 3.05) is 6.54 Å². The number of nitrogens with two attached hydrogens (primary N) is 1. The third-order valence-electron chi connectivity index (χ3n) is 1.75. The lowest BCUT2D eigenvalue weighted by Crippen LogP contribution is -1.94. The van der Waals surface area contributed by atoms with Crippen molar-refractivity contribution < 1.29 is 0 Å². The van der Waals surface area contributed by atoms with Crippen LogP contribution in [0, 0.1) is 0 Å². The molecule has 0 spiro atoms. The quantitative estimate of drug-likeness (QED) is 0.735. The fraction of sp³-hybridized carbons (Fsp3) is 0.273. The first-order valence-electron chi connectivity index (χ1n) is 4.38. The van der Waals surface area contributed by atoms with Crippen LogP contribution >= 0.6 is 11.6 Å². The van der Waals surface area contributed by atoms with Gasteiger partial charge in [0.1, 0.15) is 0 Å². The van der Waals surface area contributed by atoms with Gasteiger partial charge in [-0.3, -0.25) is 0 Å². The van der Waals surface area contributed by atoms with Crippen LogP contribution in [0.15, 0.2) is 30.3 Å². The van der Waals surface area contributed by atoms with E-state index in [1.165, 1.54) is 5.56 Å². The smallest absolute Gasteiger partial charge is 0.0474 e. The fourth-order valence-electron chi connectivity index (χ4n) is 1.10. The van der Waals surface area contributed by atoms with Crippen LogP contribution in [-0.4, -0.2) is 6.54 Å². The first kappa shape index (κ1) is 10.3. The normalized spacial score (nSPS) is 10.9. The van der Waals surface area contributed by atoms with Crippen LogP contribution in [0.25, 0.3) is 6.08 Å². The molecule has 0 aliphatic heterocycles. The summed E-state index contributed by atoms with van der Waals surface area (Å²) in [5.41, 5.74) is 7.71. The van der Waals surface area contributed by atoms with E-state index in [4.69, 9.17) is 17.3 Å². The van der Waals surface area contributed by atoms with E-state index in [9.17, 15) is 0 Å². The molecule has 1 aromatic rings. The predicted molar refractivity (Wildman–Crippen MR) is 58.7 cm³/mol. The molecule has 1 nitrogen and oxygen atoms in total. The highest BCUT2D eigenvalue weighted by Gasteiger charge is 1.90. The standard InChI is InChI=1S/C11H14ClN/c12-9-11-6-3-5-10(8-11)4-1-2-7-13/h1,3-6,8H,2,7,9,13H2. The van der Waals surface area contributed by atoms with Gasteiger partial charge in [-0.2, -0.15) is 0 Å². The molecule has 0 unspecified atom stereocenters. The maximum Gasteiger partial charge on any atom is 0.0474 e. The molecule has 0 saturated heterocycles. The van der Waals surface area contributed by atoms with E-state index in [-0.39, 0.29) is 0 Å². The molecule has 70 valence electrons. The van der Waals surface area contributed by atoms with Gasteiger partial charge >= 0.3 is 0 Å². The molecule has 1 rings (SSSR count). The highest BCUT2D eigenvalue weighted by Crippen LogP contribution is 2.09. The number of alkyl halides is 1. The molecule has 2 heteroatoms. The van der Waals surface area contributed by atoms with E-state index in [2.05, 4.69) is 24.3 Å². The average molecular weight is 196 g/mol. The summed E-state index contributed by atoms with van der Waals surface area (Å²) >= 11 is 5.72. The van der Waals surface area contributed by atoms with Crippen LogP contribution < -0.4 is 5.73 Å². The Kier molecular flexibility index (Phi) is 4.58. The molecule has 0 atom stereocenters. The fourth-order valence-corrected chi connectivity index (χ4v) is 1.26. The second-order valence-electron chi connectivity index (χ2n) is 2.86. The molecule has 0 aliphatic rings. The minimum atomic E-state index is 0.568. The molecule has 2 N–H and O–H groups in total. The van der Waals surface area contributed by atoms with Crippen molar-refractivity contribution in [1.29, 1.82) is 0 Å². The first-order valence-corrected chi connectivity index (χ1v) is 4.92. The minimum absolute atomic E-state index is 0.568. The monoisotopic (exact) mass is 195 g/mol. The van der Waals surface area contributed by atoms with Crippen molar-refractivity contribution in [3.05, 3.63) is 41.5 Å². The van der Waals surface area contributed by atoms with E-state index >= 15 is 0 Å². The van der Waals surface area contributed by atoms with Crippen LogP contribution in [0.2, 0.25) is 0 Å². The van der Waals surface area contributed by atoms with E-state index in [0.29, 0.717) is 12.4 Å². The molecular formula is C11H14ClN. The molecule has 0 saturated carbocycles. The summed E-state index contributed by atoms with van der Waals surface area (Å²) in [4.78, 5) is 0. The highest BCUT2D eigenvalue weighted by atomic mass is 35.5. The Morgan fingerprint density at radius 3 is 2.92 bits per heavy atom. The van der Waals surface area contributed by atoms with Gasteiger partial charge in [-0.15, -0.1) is 11.6 Å². The zero-order valence-electron chi connectivity index (χ0n) is 7.54. The third-order valence-corrected chi connectivity index (χ3v) is 2.06.